The number of carbonyl (C=O) groups excluding carboxylic acids is 1. The SMILES string of the molecule is O=C(NCc1ccccc1Cl)N1CCCC(c2cc(NCc3cccnc3)n3ncc(Br)c3n2)C1. The van der Waals surface area contributed by atoms with Crippen LogP contribution in [0.1, 0.15) is 35.6 Å². The van der Waals surface area contributed by atoms with Crippen LogP contribution in [0.25, 0.3) is 5.65 Å². The van der Waals surface area contributed by atoms with Crippen LogP contribution in [0.2, 0.25) is 5.02 Å². The number of halogens is 2. The van der Waals surface area contributed by atoms with Crippen LogP contribution in [-0.2, 0) is 13.1 Å². The first-order valence-electron chi connectivity index (χ1n) is 11.5. The molecule has 0 radical (unpaired) electrons. The van der Waals surface area contributed by atoms with Crippen molar-refractivity contribution >= 4 is 45.0 Å². The Labute approximate surface area is 216 Å². The van der Waals surface area contributed by atoms with Crippen LogP contribution in [-0.4, -0.2) is 43.6 Å². The van der Waals surface area contributed by atoms with E-state index in [1.807, 2.05) is 53.6 Å². The quantitative estimate of drug-likeness (QED) is 0.340. The molecule has 1 aromatic carbocycles. The lowest BCUT2D eigenvalue weighted by atomic mass is 9.94. The molecule has 2 N–H and O–H groups in total. The lowest BCUT2D eigenvalue weighted by Gasteiger charge is -2.32. The molecule has 5 rings (SSSR count). The Balaban J connectivity index is 1.32. The summed E-state index contributed by atoms with van der Waals surface area (Å²) in [6, 6.07) is 13.4. The van der Waals surface area contributed by atoms with Crippen LogP contribution in [0.3, 0.4) is 0 Å². The first-order chi connectivity index (χ1) is 17.1. The molecule has 1 atom stereocenters. The molecular weight excluding hydrogens is 530 g/mol. The van der Waals surface area contributed by atoms with Gasteiger partial charge in [0.1, 0.15) is 5.82 Å². The summed E-state index contributed by atoms with van der Waals surface area (Å²) in [5.74, 6) is 0.973. The fourth-order valence-electron chi connectivity index (χ4n) is 4.31. The fourth-order valence-corrected chi connectivity index (χ4v) is 4.86. The maximum Gasteiger partial charge on any atom is 0.317 e. The average Bonchev–Trinajstić information content (AvgIpc) is 3.28. The zero-order valence-electron chi connectivity index (χ0n) is 19.0. The van der Waals surface area contributed by atoms with Gasteiger partial charge in [-0.1, -0.05) is 35.9 Å². The van der Waals surface area contributed by atoms with Gasteiger partial charge in [0.15, 0.2) is 5.65 Å². The minimum absolute atomic E-state index is 0.0869. The van der Waals surface area contributed by atoms with Gasteiger partial charge in [-0.2, -0.15) is 9.61 Å². The number of hydrogen-bond acceptors (Lipinski definition) is 5. The summed E-state index contributed by atoms with van der Waals surface area (Å²) in [5, 5.41) is 11.6. The van der Waals surface area contributed by atoms with Crippen LogP contribution < -0.4 is 10.6 Å². The van der Waals surface area contributed by atoms with E-state index in [1.165, 1.54) is 0 Å². The number of hydrogen-bond donors (Lipinski definition) is 2. The number of fused-ring (bicyclic) bond motifs is 1. The molecule has 1 aliphatic rings. The third kappa shape index (κ3) is 5.41. The Kier molecular flexibility index (Phi) is 7.15. The third-order valence-corrected chi connectivity index (χ3v) is 7.09. The first kappa shape index (κ1) is 23.6. The zero-order valence-corrected chi connectivity index (χ0v) is 21.3. The molecule has 0 bridgehead atoms. The van der Waals surface area contributed by atoms with Crippen molar-refractivity contribution < 1.29 is 4.79 Å². The number of anilines is 1. The molecule has 0 saturated carbocycles. The first-order valence-corrected chi connectivity index (χ1v) is 12.7. The molecule has 3 aromatic heterocycles. The van der Waals surface area contributed by atoms with E-state index in [0.717, 1.165) is 52.1 Å². The second-order valence-electron chi connectivity index (χ2n) is 8.54. The number of benzene rings is 1. The Morgan fingerprint density at radius 2 is 2.06 bits per heavy atom. The summed E-state index contributed by atoms with van der Waals surface area (Å²) in [6.45, 7) is 2.33. The number of pyridine rings is 1. The van der Waals surface area contributed by atoms with Crippen molar-refractivity contribution in [1.82, 2.24) is 29.8 Å². The lowest BCUT2D eigenvalue weighted by Crippen LogP contribution is -2.44. The molecule has 1 aliphatic heterocycles. The highest BCUT2D eigenvalue weighted by Crippen LogP contribution is 2.30. The Morgan fingerprint density at radius 3 is 2.89 bits per heavy atom. The highest BCUT2D eigenvalue weighted by atomic mass is 79.9. The molecule has 1 saturated heterocycles. The monoisotopic (exact) mass is 553 g/mol. The van der Waals surface area contributed by atoms with Crippen molar-refractivity contribution in [2.75, 3.05) is 18.4 Å². The van der Waals surface area contributed by atoms with Gasteiger partial charge < -0.3 is 15.5 Å². The number of likely N-dealkylation sites (tertiary alicyclic amines) is 1. The average molecular weight is 555 g/mol. The highest BCUT2D eigenvalue weighted by molar-refractivity contribution is 9.10. The van der Waals surface area contributed by atoms with Crippen LogP contribution in [0.15, 0.2) is 65.5 Å². The second kappa shape index (κ2) is 10.6. The number of rotatable bonds is 6. The van der Waals surface area contributed by atoms with Crippen molar-refractivity contribution in [3.63, 3.8) is 0 Å². The fraction of sp³-hybridized carbons (Fsp3) is 0.280. The van der Waals surface area contributed by atoms with E-state index in [4.69, 9.17) is 16.6 Å². The molecule has 0 spiro atoms. The molecular formula is C25H25BrClN7O. The molecule has 4 aromatic rings. The van der Waals surface area contributed by atoms with Gasteiger partial charge in [-0.25, -0.2) is 9.78 Å². The molecule has 1 fully saturated rings. The predicted octanol–water partition coefficient (Wildman–Crippen LogP) is 5.24. The van der Waals surface area contributed by atoms with Gasteiger partial charge in [-0.3, -0.25) is 4.98 Å². The maximum atomic E-state index is 12.9. The summed E-state index contributed by atoms with van der Waals surface area (Å²) in [7, 11) is 0. The Hall–Kier alpha value is -3.17. The Bertz CT molecular complexity index is 1330. The van der Waals surface area contributed by atoms with E-state index in [1.54, 1.807) is 16.9 Å². The van der Waals surface area contributed by atoms with Crippen LogP contribution in [0.4, 0.5) is 10.6 Å². The van der Waals surface area contributed by atoms with E-state index < -0.39 is 0 Å². The number of amides is 2. The van der Waals surface area contributed by atoms with E-state index in [-0.39, 0.29) is 11.9 Å². The van der Waals surface area contributed by atoms with Crippen molar-refractivity contribution in [3.8, 4) is 0 Å². The number of urea groups is 1. The van der Waals surface area contributed by atoms with Crippen LogP contribution in [0.5, 0.6) is 0 Å². The summed E-state index contributed by atoms with van der Waals surface area (Å²) >= 11 is 9.80. The van der Waals surface area contributed by atoms with Crippen LogP contribution >= 0.6 is 27.5 Å². The number of nitrogens with one attached hydrogen (secondary N) is 2. The Morgan fingerprint density at radius 1 is 1.17 bits per heavy atom. The third-order valence-electron chi connectivity index (χ3n) is 6.16. The molecule has 10 heteroatoms. The molecule has 35 heavy (non-hydrogen) atoms. The molecule has 1 unspecified atom stereocenters. The van der Waals surface area contributed by atoms with Gasteiger partial charge in [0.25, 0.3) is 0 Å². The van der Waals surface area contributed by atoms with Crippen molar-refractivity contribution in [1.29, 1.82) is 0 Å². The lowest BCUT2D eigenvalue weighted by molar-refractivity contribution is 0.178. The summed E-state index contributed by atoms with van der Waals surface area (Å²) in [4.78, 5) is 23.9. The predicted molar refractivity (Wildman–Crippen MR) is 139 cm³/mol. The molecule has 0 aliphatic carbocycles. The molecule has 8 nitrogen and oxygen atoms in total. The van der Waals surface area contributed by atoms with E-state index >= 15 is 0 Å². The normalized spacial score (nSPS) is 15.8. The van der Waals surface area contributed by atoms with Crippen LogP contribution in [0, 0.1) is 0 Å². The summed E-state index contributed by atoms with van der Waals surface area (Å²) in [5.41, 5.74) is 3.66. The van der Waals surface area contributed by atoms with Gasteiger partial charge in [-0.15, -0.1) is 0 Å². The number of aromatic nitrogens is 4. The summed E-state index contributed by atoms with van der Waals surface area (Å²) < 4.78 is 2.62. The molecule has 2 amide bonds. The molecule has 4 heterocycles. The highest BCUT2D eigenvalue weighted by Gasteiger charge is 2.27. The standard InChI is InChI=1S/C25H25BrClN7O/c26-20-15-31-34-23(29-13-17-5-3-9-28-12-17)11-22(32-24(20)34)19-7-4-10-33(16-19)25(35)30-14-18-6-1-2-8-21(18)27/h1-3,5-6,8-9,11-12,15,19,29H,4,7,10,13-14,16H2,(H,30,35). The minimum atomic E-state index is -0.0869. The smallest absolute Gasteiger partial charge is 0.317 e. The minimum Gasteiger partial charge on any atom is -0.366 e. The number of piperidine rings is 1. The van der Waals surface area contributed by atoms with Crippen molar-refractivity contribution in [3.05, 3.63) is 87.4 Å². The summed E-state index contributed by atoms with van der Waals surface area (Å²) in [6.07, 6.45) is 7.22. The maximum absolute atomic E-state index is 12.9. The topological polar surface area (TPSA) is 87.5 Å². The van der Waals surface area contributed by atoms with Crippen molar-refractivity contribution in [2.45, 2.75) is 31.8 Å². The largest absolute Gasteiger partial charge is 0.366 e. The van der Waals surface area contributed by atoms with Gasteiger partial charge in [-0.05, 0) is 52.0 Å². The zero-order chi connectivity index (χ0) is 24.2. The molecule has 180 valence electrons. The van der Waals surface area contributed by atoms with E-state index in [0.29, 0.717) is 24.7 Å². The van der Waals surface area contributed by atoms with Gasteiger partial charge in [0.2, 0.25) is 0 Å². The van der Waals surface area contributed by atoms with E-state index in [2.05, 4.69) is 36.6 Å². The number of nitrogens with zero attached hydrogens (tertiary/aromatic N) is 5. The second-order valence-corrected chi connectivity index (χ2v) is 9.81. The van der Waals surface area contributed by atoms with E-state index in [9.17, 15) is 4.79 Å². The van der Waals surface area contributed by atoms with Gasteiger partial charge in [0.05, 0.1) is 16.4 Å². The van der Waals surface area contributed by atoms with Gasteiger partial charge in [0, 0.05) is 55.6 Å². The van der Waals surface area contributed by atoms with Gasteiger partial charge >= 0.3 is 6.03 Å². The number of carbonyl (C=O) groups is 1. The van der Waals surface area contributed by atoms with Crippen molar-refractivity contribution in [2.24, 2.45) is 0 Å².